The molecule has 0 radical (unpaired) electrons. The normalized spacial score (nSPS) is 15.4. The quantitative estimate of drug-likeness (QED) is 0.346. The highest BCUT2D eigenvalue weighted by molar-refractivity contribution is 7.07. The second kappa shape index (κ2) is 10.7. The van der Waals surface area contributed by atoms with Crippen LogP contribution >= 0.6 is 11.3 Å². The van der Waals surface area contributed by atoms with Crippen molar-refractivity contribution in [2.75, 3.05) is 19.8 Å². The first-order valence-electron chi connectivity index (χ1n) is 12.6. The minimum Gasteiger partial charge on any atom is -0.490 e. The van der Waals surface area contributed by atoms with Gasteiger partial charge in [-0.25, -0.2) is 9.79 Å². The van der Waals surface area contributed by atoms with Gasteiger partial charge in [0, 0.05) is 22.7 Å². The Morgan fingerprint density at radius 1 is 1.08 bits per heavy atom. The fourth-order valence-corrected chi connectivity index (χ4v) is 5.74. The van der Waals surface area contributed by atoms with Crippen LogP contribution in [0.5, 0.6) is 11.5 Å². The van der Waals surface area contributed by atoms with E-state index in [9.17, 15) is 9.59 Å². The molecular weight excluding hydrogens is 502 g/mol. The summed E-state index contributed by atoms with van der Waals surface area (Å²) >= 11 is 1.30. The number of para-hydroxylation sites is 1. The second-order valence-electron chi connectivity index (χ2n) is 8.66. The molecule has 0 spiro atoms. The smallest absolute Gasteiger partial charge is 0.338 e. The molecule has 8 nitrogen and oxygen atoms in total. The summed E-state index contributed by atoms with van der Waals surface area (Å²) in [5.74, 6) is 0.644. The lowest BCUT2D eigenvalue weighted by atomic mass is 9.95. The van der Waals surface area contributed by atoms with Crippen LogP contribution in [0.4, 0.5) is 0 Å². The highest BCUT2D eigenvalue weighted by atomic mass is 32.1. The van der Waals surface area contributed by atoms with Crippen molar-refractivity contribution in [3.05, 3.63) is 90.7 Å². The van der Waals surface area contributed by atoms with Gasteiger partial charge in [0.15, 0.2) is 16.3 Å². The zero-order chi connectivity index (χ0) is 26.8. The number of H-pyrrole nitrogens is 1. The van der Waals surface area contributed by atoms with Crippen molar-refractivity contribution in [2.24, 2.45) is 4.99 Å². The minimum atomic E-state index is -0.731. The molecule has 2 aromatic carbocycles. The Bertz CT molecular complexity index is 1730. The fraction of sp³-hybridized carbons (Fsp3) is 0.276. The van der Waals surface area contributed by atoms with Crippen LogP contribution in [0.15, 0.2) is 69.7 Å². The first kappa shape index (κ1) is 25.5. The number of allylic oxidation sites excluding steroid dienone is 1. The summed E-state index contributed by atoms with van der Waals surface area (Å²) in [6.07, 6.45) is 3.75. The van der Waals surface area contributed by atoms with Gasteiger partial charge in [-0.3, -0.25) is 9.36 Å². The molecule has 0 saturated carbocycles. The van der Waals surface area contributed by atoms with Crippen LogP contribution in [-0.4, -0.2) is 35.3 Å². The highest BCUT2D eigenvalue weighted by Crippen LogP contribution is 2.36. The number of fused-ring (bicyclic) bond motifs is 2. The summed E-state index contributed by atoms with van der Waals surface area (Å²) in [5.41, 5.74) is 3.20. The van der Waals surface area contributed by atoms with Crippen molar-refractivity contribution in [1.29, 1.82) is 0 Å². The number of nitrogens with zero attached hydrogens (tertiary/aromatic N) is 2. The van der Waals surface area contributed by atoms with E-state index in [1.165, 1.54) is 11.3 Å². The van der Waals surface area contributed by atoms with E-state index in [1.54, 1.807) is 18.4 Å². The van der Waals surface area contributed by atoms with E-state index in [0.29, 0.717) is 50.9 Å². The van der Waals surface area contributed by atoms with Crippen molar-refractivity contribution in [2.45, 2.75) is 33.7 Å². The van der Waals surface area contributed by atoms with Crippen LogP contribution in [0, 0.1) is 0 Å². The highest BCUT2D eigenvalue weighted by Gasteiger charge is 2.34. The maximum absolute atomic E-state index is 13.9. The molecule has 1 atom stereocenters. The number of benzene rings is 2. The van der Waals surface area contributed by atoms with Crippen molar-refractivity contribution >= 4 is 34.3 Å². The SMILES string of the molecule is CCOC(=O)C1=C(C)N=c2sc(=Cc3c[nH]c4ccccc34)c(=O)n2[C@H]1c1ccc(OCC)c(OCC)c1. The summed E-state index contributed by atoms with van der Waals surface area (Å²) in [6.45, 7) is 8.45. The fourth-order valence-electron chi connectivity index (χ4n) is 4.70. The lowest BCUT2D eigenvalue weighted by Gasteiger charge is -2.25. The summed E-state index contributed by atoms with van der Waals surface area (Å²) < 4.78 is 19.1. The Hall–Kier alpha value is -4.11. The molecule has 1 aliphatic heterocycles. The van der Waals surface area contributed by atoms with Crippen LogP contribution < -0.4 is 24.4 Å². The number of aromatic nitrogens is 2. The zero-order valence-corrected chi connectivity index (χ0v) is 22.6. The summed E-state index contributed by atoms with van der Waals surface area (Å²) in [7, 11) is 0. The Balaban J connectivity index is 1.73. The summed E-state index contributed by atoms with van der Waals surface area (Å²) in [6, 6.07) is 12.7. The zero-order valence-electron chi connectivity index (χ0n) is 21.7. The average Bonchev–Trinajstić information content (AvgIpc) is 3.45. The third kappa shape index (κ3) is 4.54. The first-order chi connectivity index (χ1) is 18.5. The Morgan fingerprint density at radius 3 is 2.61 bits per heavy atom. The van der Waals surface area contributed by atoms with Gasteiger partial charge in [-0.15, -0.1) is 0 Å². The van der Waals surface area contributed by atoms with Gasteiger partial charge in [-0.05, 0) is 57.5 Å². The molecule has 3 heterocycles. The standard InChI is InChI=1S/C29H29N3O5S/c1-5-35-22-13-12-18(14-23(22)36-6-2)26-25(28(34)37-7-3)17(4)31-29-32(26)27(33)24(38-29)15-19-16-30-21-11-9-8-10-20(19)21/h8-16,26,30H,5-7H2,1-4H3/t26-/m0/s1. The second-order valence-corrected chi connectivity index (χ2v) is 9.67. The number of thiazole rings is 1. The third-order valence-electron chi connectivity index (χ3n) is 6.31. The molecule has 0 unspecified atom stereocenters. The lowest BCUT2D eigenvalue weighted by molar-refractivity contribution is -0.139. The molecule has 2 aromatic heterocycles. The summed E-state index contributed by atoms with van der Waals surface area (Å²) in [4.78, 5) is 35.5. The van der Waals surface area contributed by atoms with Crippen LogP contribution in [0.2, 0.25) is 0 Å². The number of hydrogen-bond acceptors (Lipinski definition) is 7. The van der Waals surface area contributed by atoms with E-state index in [-0.39, 0.29) is 12.2 Å². The maximum atomic E-state index is 13.9. The molecule has 9 heteroatoms. The third-order valence-corrected chi connectivity index (χ3v) is 7.29. The van der Waals surface area contributed by atoms with Crippen LogP contribution in [0.1, 0.15) is 44.9 Å². The monoisotopic (exact) mass is 531 g/mol. The molecule has 5 rings (SSSR count). The molecular formula is C29H29N3O5S. The predicted octanol–water partition coefficient (Wildman–Crippen LogP) is 4.08. The van der Waals surface area contributed by atoms with E-state index < -0.39 is 12.0 Å². The van der Waals surface area contributed by atoms with Gasteiger partial charge >= 0.3 is 5.97 Å². The van der Waals surface area contributed by atoms with Crippen LogP contribution in [-0.2, 0) is 9.53 Å². The Kier molecular flexibility index (Phi) is 7.20. The van der Waals surface area contributed by atoms with Gasteiger partial charge < -0.3 is 19.2 Å². The van der Waals surface area contributed by atoms with Gasteiger partial charge in [-0.2, -0.15) is 0 Å². The number of nitrogens with one attached hydrogen (secondary N) is 1. The predicted molar refractivity (Wildman–Crippen MR) is 147 cm³/mol. The van der Waals surface area contributed by atoms with Gasteiger partial charge in [0.2, 0.25) is 0 Å². The van der Waals surface area contributed by atoms with Crippen molar-refractivity contribution in [1.82, 2.24) is 9.55 Å². The molecule has 196 valence electrons. The number of esters is 1. The van der Waals surface area contributed by atoms with Gasteiger partial charge in [0.05, 0.1) is 41.7 Å². The van der Waals surface area contributed by atoms with Gasteiger partial charge in [0.25, 0.3) is 5.56 Å². The van der Waals surface area contributed by atoms with E-state index >= 15 is 0 Å². The average molecular weight is 532 g/mol. The van der Waals surface area contributed by atoms with Crippen molar-refractivity contribution in [3.63, 3.8) is 0 Å². The number of rotatable bonds is 8. The molecule has 38 heavy (non-hydrogen) atoms. The molecule has 0 aliphatic carbocycles. The van der Waals surface area contributed by atoms with E-state index in [2.05, 4.69) is 9.98 Å². The van der Waals surface area contributed by atoms with Gasteiger partial charge in [-0.1, -0.05) is 35.6 Å². The van der Waals surface area contributed by atoms with Crippen molar-refractivity contribution in [3.8, 4) is 11.5 Å². The number of aromatic amines is 1. The molecule has 0 amide bonds. The van der Waals surface area contributed by atoms with E-state index in [4.69, 9.17) is 14.2 Å². The largest absolute Gasteiger partial charge is 0.490 e. The molecule has 1 N–H and O–H groups in total. The molecule has 1 aliphatic rings. The maximum Gasteiger partial charge on any atom is 0.338 e. The Morgan fingerprint density at radius 2 is 1.84 bits per heavy atom. The minimum absolute atomic E-state index is 0.209. The topological polar surface area (TPSA) is 94.9 Å². The Labute approximate surface area is 223 Å². The molecule has 4 aromatic rings. The first-order valence-corrected chi connectivity index (χ1v) is 13.4. The lowest BCUT2D eigenvalue weighted by Crippen LogP contribution is -2.40. The number of carbonyl (C=O) groups excluding carboxylic acids is 1. The number of ether oxygens (including phenoxy) is 3. The van der Waals surface area contributed by atoms with Crippen molar-refractivity contribution < 1.29 is 19.0 Å². The number of carbonyl (C=O) groups is 1. The summed E-state index contributed by atoms with van der Waals surface area (Å²) in [5, 5.41) is 1.02. The molecule has 0 bridgehead atoms. The van der Waals surface area contributed by atoms with Crippen LogP contribution in [0.25, 0.3) is 17.0 Å². The molecule has 0 fully saturated rings. The molecule has 0 saturated heterocycles. The van der Waals surface area contributed by atoms with Crippen LogP contribution in [0.3, 0.4) is 0 Å². The van der Waals surface area contributed by atoms with E-state index in [0.717, 1.165) is 16.5 Å². The van der Waals surface area contributed by atoms with E-state index in [1.807, 2.05) is 68.6 Å². The van der Waals surface area contributed by atoms with Gasteiger partial charge in [0.1, 0.15) is 0 Å². The number of hydrogen-bond donors (Lipinski definition) is 1.